The van der Waals surface area contributed by atoms with Gasteiger partial charge in [0, 0.05) is 25.2 Å². The second kappa shape index (κ2) is 2.95. The number of halogens is 1. The lowest BCUT2D eigenvalue weighted by atomic mass is 9.91. The number of benzene rings is 1. The molecule has 3 aliphatic heterocycles. The Labute approximate surface area is 82.7 Å². The van der Waals surface area contributed by atoms with Gasteiger partial charge in [0.2, 0.25) is 0 Å². The molecule has 3 aliphatic rings. The minimum absolute atomic E-state index is 0.103. The van der Waals surface area contributed by atoms with E-state index in [1.54, 1.807) is 6.07 Å². The third kappa shape index (κ3) is 1.20. The fourth-order valence-electron chi connectivity index (χ4n) is 2.42. The summed E-state index contributed by atoms with van der Waals surface area (Å²) < 4.78 is 13.5. The Balaban J connectivity index is 1.85. The third-order valence-electron chi connectivity index (χ3n) is 3.12. The normalized spacial score (nSPS) is 29.9. The van der Waals surface area contributed by atoms with E-state index in [1.807, 2.05) is 12.1 Å². The van der Waals surface area contributed by atoms with Crippen LogP contribution in [0.15, 0.2) is 24.3 Å². The van der Waals surface area contributed by atoms with Gasteiger partial charge in [-0.3, -0.25) is 0 Å². The van der Waals surface area contributed by atoms with Gasteiger partial charge >= 0.3 is 0 Å². The van der Waals surface area contributed by atoms with Crippen LogP contribution in [-0.4, -0.2) is 25.2 Å². The van der Waals surface area contributed by atoms with Crippen LogP contribution in [0, 0.1) is 5.82 Å². The van der Waals surface area contributed by atoms with E-state index in [1.165, 1.54) is 12.5 Å². The molecule has 2 atom stereocenters. The molecule has 14 heavy (non-hydrogen) atoms. The second-order valence-electron chi connectivity index (χ2n) is 4.15. The summed E-state index contributed by atoms with van der Waals surface area (Å²) in [5.41, 5.74) is 0.753. The maximum atomic E-state index is 13.5. The number of nitrogens with zero attached hydrogens (tertiary/aromatic N) is 1. The number of nitrogens with one attached hydrogen (secondary N) is 1. The molecule has 4 rings (SSSR count). The Morgan fingerprint density at radius 2 is 1.86 bits per heavy atom. The summed E-state index contributed by atoms with van der Waals surface area (Å²) in [5, 5.41) is 3.43. The Morgan fingerprint density at radius 1 is 1.21 bits per heavy atom. The first kappa shape index (κ1) is 8.24. The molecule has 74 valence electrons. The Bertz CT molecular complexity index is 337. The lowest BCUT2D eigenvalue weighted by molar-refractivity contribution is 0.225. The quantitative estimate of drug-likeness (QED) is 0.723. The van der Waals surface area contributed by atoms with E-state index in [9.17, 15) is 4.39 Å². The molecule has 1 N–H and O–H groups in total. The number of hydrogen-bond acceptors (Lipinski definition) is 2. The van der Waals surface area contributed by atoms with Gasteiger partial charge in [-0.15, -0.1) is 0 Å². The van der Waals surface area contributed by atoms with Crippen LogP contribution >= 0.6 is 0 Å². The van der Waals surface area contributed by atoms with Crippen LogP contribution in [0.4, 0.5) is 10.1 Å². The molecule has 0 saturated carbocycles. The van der Waals surface area contributed by atoms with Gasteiger partial charge in [-0.1, -0.05) is 12.1 Å². The van der Waals surface area contributed by atoms with Crippen molar-refractivity contribution in [2.45, 2.75) is 18.5 Å². The smallest absolute Gasteiger partial charge is 0.146 e. The first-order valence-electron chi connectivity index (χ1n) is 5.08. The molecule has 3 fully saturated rings. The largest absolute Gasteiger partial charge is 0.366 e. The molecular formula is C11H13FN2. The van der Waals surface area contributed by atoms with Crippen LogP contribution in [-0.2, 0) is 0 Å². The number of hydrogen-bond donors (Lipinski definition) is 1. The Kier molecular flexibility index (Phi) is 1.74. The summed E-state index contributed by atoms with van der Waals surface area (Å²) in [4.78, 5) is 2.14. The highest BCUT2D eigenvalue weighted by Crippen LogP contribution is 2.27. The third-order valence-corrected chi connectivity index (χ3v) is 3.12. The van der Waals surface area contributed by atoms with Crippen molar-refractivity contribution < 1.29 is 4.39 Å². The van der Waals surface area contributed by atoms with Gasteiger partial charge in [-0.05, 0) is 18.6 Å². The highest BCUT2D eigenvalue weighted by Gasteiger charge is 2.36. The molecule has 2 nitrogen and oxygen atoms in total. The molecule has 3 heteroatoms. The van der Waals surface area contributed by atoms with Gasteiger partial charge in [0.25, 0.3) is 0 Å². The zero-order valence-electron chi connectivity index (χ0n) is 7.91. The van der Waals surface area contributed by atoms with Gasteiger partial charge in [0.1, 0.15) is 5.82 Å². The number of anilines is 1. The van der Waals surface area contributed by atoms with Crippen molar-refractivity contribution in [3.05, 3.63) is 30.1 Å². The molecule has 2 unspecified atom stereocenters. The molecule has 0 aliphatic carbocycles. The monoisotopic (exact) mass is 192 g/mol. The van der Waals surface area contributed by atoms with E-state index >= 15 is 0 Å². The molecule has 1 aromatic carbocycles. The second-order valence-corrected chi connectivity index (χ2v) is 4.15. The standard InChI is InChI=1S/C11H13FN2/c12-10-3-1-2-4-11(10)14-6-8-5-9(7-14)13-8/h1-4,8-9,13H,5-7H2. The molecule has 0 aromatic heterocycles. The number of fused-ring (bicyclic) bond motifs is 2. The van der Waals surface area contributed by atoms with Crippen LogP contribution < -0.4 is 10.2 Å². The summed E-state index contributed by atoms with van der Waals surface area (Å²) in [5.74, 6) is -0.103. The van der Waals surface area contributed by atoms with Crippen LogP contribution in [0.2, 0.25) is 0 Å². The van der Waals surface area contributed by atoms with Crippen molar-refractivity contribution in [2.24, 2.45) is 0 Å². The van der Waals surface area contributed by atoms with Crippen molar-refractivity contribution in [2.75, 3.05) is 18.0 Å². The minimum Gasteiger partial charge on any atom is -0.366 e. The van der Waals surface area contributed by atoms with Gasteiger partial charge in [-0.2, -0.15) is 0 Å². The number of para-hydroxylation sites is 1. The topological polar surface area (TPSA) is 15.3 Å². The fraction of sp³-hybridized carbons (Fsp3) is 0.455. The number of piperazine rings is 1. The van der Waals surface area contributed by atoms with E-state index in [2.05, 4.69) is 10.2 Å². The molecule has 0 amide bonds. The number of rotatable bonds is 1. The summed E-state index contributed by atoms with van der Waals surface area (Å²) in [6, 6.07) is 8.18. The lowest BCUT2D eigenvalue weighted by Crippen LogP contribution is -2.67. The highest BCUT2D eigenvalue weighted by atomic mass is 19.1. The Morgan fingerprint density at radius 3 is 2.50 bits per heavy atom. The van der Waals surface area contributed by atoms with Gasteiger partial charge in [0.15, 0.2) is 0 Å². The first-order valence-corrected chi connectivity index (χ1v) is 5.08. The average Bonchev–Trinajstić information content (AvgIpc) is 2.17. The maximum absolute atomic E-state index is 13.5. The first-order chi connectivity index (χ1) is 6.83. The predicted molar refractivity (Wildman–Crippen MR) is 53.9 cm³/mol. The SMILES string of the molecule is Fc1ccccc1N1CC2CC(C1)N2. The summed E-state index contributed by atoms with van der Waals surface area (Å²) in [7, 11) is 0. The van der Waals surface area contributed by atoms with Gasteiger partial charge in [-0.25, -0.2) is 4.39 Å². The van der Waals surface area contributed by atoms with E-state index in [0.717, 1.165) is 18.8 Å². The average molecular weight is 192 g/mol. The van der Waals surface area contributed by atoms with Crippen molar-refractivity contribution in [1.82, 2.24) is 5.32 Å². The fourth-order valence-corrected chi connectivity index (χ4v) is 2.42. The summed E-state index contributed by atoms with van der Waals surface area (Å²) >= 11 is 0. The van der Waals surface area contributed by atoms with Crippen molar-refractivity contribution in [3.8, 4) is 0 Å². The van der Waals surface area contributed by atoms with Crippen molar-refractivity contribution in [1.29, 1.82) is 0 Å². The van der Waals surface area contributed by atoms with Gasteiger partial charge in [0.05, 0.1) is 5.69 Å². The van der Waals surface area contributed by atoms with Crippen LogP contribution in [0.5, 0.6) is 0 Å². The maximum Gasteiger partial charge on any atom is 0.146 e. The molecule has 0 radical (unpaired) electrons. The molecule has 3 heterocycles. The summed E-state index contributed by atoms with van der Waals surface area (Å²) in [6.07, 6.45) is 1.25. The Hall–Kier alpha value is -1.09. The van der Waals surface area contributed by atoms with Crippen LogP contribution in [0.3, 0.4) is 0 Å². The van der Waals surface area contributed by atoms with Crippen LogP contribution in [0.1, 0.15) is 6.42 Å². The molecular weight excluding hydrogens is 179 g/mol. The van der Waals surface area contributed by atoms with Crippen molar-refractivity contribution in [3.63, 3.8) is 0 Å². The van der Waals surface area contributed by atoms with Crippen LogP contribution in [0.25, 0.3) is 0 Å². The zero-order valence-corrected chi connectivity index (χ0v) is 7.91. The minimum atomic E-state index is -0.103. The van der Waals surface area contributed by atoms with Gasteiger partial charge < -0.3 is 10.2 Å². The van der Waals surface area contributed by atoms with E-state index in [4.69, 9.17) is 0 Å². The molecule has 2 bridgehead atoms. The van der Waals surface area contributed by atoms with E-state index in [0.29, 0.717) is 12.1 Å². The molecule has 3 saturated heterocycles. The van der Waals surface area contributed by atoms with E-state index < -0.39 is 0 Å². The summed E-state index contributed by atoms with van der Waals surface area (Å²) in [6.45, 7) is 1.88. The molecule has 0 spiro atoms. The number of piperidine rings is 1. The highest BCUT2D eigenvalue weighted by molar-refractivity contribution is 5.49. The lowest BCUT2D eigenvalue weighted by Gasteiger charge is -2.49. The van der Waals surface area contributed by atoms with Crippen molar-refractivity contribution >= 4 is 5.69 Å². The molecule has 1 aromatic rings. The predicted octanol–water partition coefficient (Wildman–Crippen LogP) is 1.38. The zero-order chi connectivity index (χ0) is 9.54. The van der Waals surface area contributed by atoms with E-state index in [-0.39, 0.29) is 5.82 Å².